The number of hydrogen-bond acceptors (Lipinski definition) is 5. The maximum atomic E-state index is 13.2. The van der Waals surface area contributed by atoms with E-state index in [0.29, 0.717) is 22.7 Å². The first kappa shape index (κ1) is 22.1. The number of anilines is 1. The molecule has 1 aliphatic rings. The highest BCUT2D eigenvalue weighted by molar-refractivity contribution is 6.09. The smallest absolute Gasteiger partial charge is 0.325 e. The Bertz CT molecular complexity index is 1240. The maximum absolute atomic E-state index is 13.2. The Balaban J connectivity index is 1.58. The molecule has 0 atom stereocenters. The molecule has 2 N–H and O–H groups in total. The summed E-state index contributed by atoms with van der Waals surface area (Å²) in [4.78, 5) is 38.8. The van der Waals surface area contributed by atoms with Gasteiger partial charge in [-0.25, -0.2) is 4.79 Å². The van der Waals surface area contributed by atoms with E-state index in [9.17, 15) is 14.4 Å². The van der Waals surface area contributed by atoms with Crippen LogP contribution >= 0.6 is 0 Å². The van der Waals surface area contributed by atoms with E-state index in [2.05, 4.69) is 10.6 Å². The van der Waals surface area contributed by atoms with Gasteiger partial charge in [0.05, 0.1) is 24.9 Å². The summed E-state index contributed by atoms with van der Waals surface area (Å²) in [5.41, 5.74) is -0.0809. The average molecular weight is 447 g/mol. The third-order valence-electron chi connectivity index (χ3n) is 5.46. The van der Waals surface area contributed by atoms with Crippen molar-refractivity contribution in [3.63, 3.8) is 0 Å². The molecule has 0 aromatic heterocycles. The number of para-hydroxylation sites is 2. The van der Waals surface area contributed by atoms with Gasteiger partial charge in [0, 0.05) is 0 Å². The standard InChI is InChI=1S/C25H25N3O5/c1-25(2)23(30)28(24(31)27-25)12-13-33-21-15-17-9-5-4-8-16(17)14-18(21)22(29)26-19-10-6-7-11-20(19)32-3/h4-11,14-15H,12-13H2,1-3H3,(H,26,29)(H,27,31). The van der Waals surface area contributed by atoms with Crippen molar-refractivity contribution < 1.29 is 23.9 Å². The molecule has 0 unspecified atom stereocenters. The van der Waals surface area contributed by atoms with Crippen molar-refractivity contribution in [1.29, 1.82) is 0 Å². The summed E-state index contributed by atoms with van der Waals surface area (Å²) in [6.07, 6.45) is 0. The molecule has 8 heteroatoms. The average Bonchev–Trinajstić information content (AvgIpc) is 3.00. The number of nitrogens with zero attached hydrogens (tertiary/aromatic N) is 1. The second-order valence-electron chi connectivity index (χ2n) is 8.21. The quantitative estimate of drug-likeness (QED) is 0.537. The number of rotatable bonds is 7. The van der Waals surface area contributed by atoms with Gasteiger partial charge >= 0.3 is 6.03 Å². The lowest BCUT2D eigenvalue weighted by Crippen LogP contribution is -2.40. The largest absolute Gasteiger partial charge is 0.495 e. The van der Waals surface area contributed by atoms with Crippen LogP contribution in [0, 0.1) is 0 Å². The highest BCUT2D eigenvalue weighted by Crippen LogP contribution is 2.29. The lowest BCUT2D eigenvalue weighted by molar-refractivity contribution is -0.130. The van der Waals surface area contributed by atoms with E-state index in [-0.39, 0.29) is 25.0 Å². The molecule has 1 fully saturated rings. The zero-order chi connectivity index (χ0) is 23.6. The number of nitrogens with one attached hydrogen (secondary N) is 2. The maximum Gasteiger partial charge on any atom is 0.325 e. The highest BCUT2D eigenvalue weighted by atomic mass is 16.5. The van der Waals surface area contributed by atoms with Crippen LogP contribution in [0.2, 0.25) is 0 Å². The third kappa shape index (κ3) is 4.45. The monoisotopic (exact) mass is 447 g/mol. The number of amides is 4. The molecule has 8 nitrogen and oxygen atoms in total. The first-order valence-electron chi connectivity index (χ1n) is 10.5. The molecular formula is C25H25N3O5. The number of methoxy groups -OCH3 is 1. The second kappa shape index (κ2) is 8.82. The number of carbonyl (C=O) groups is 3. The molecule has 3 aromatic rings. The molecule has 4 amide bonds. The second-order valence-corrected chi connectivity index (χ2v) is 8.21. The number of imide groups is 1. The fourth-order valence-corrected chi connectivity index (χ4v) is 3.72. The number of carbonyl (C=O) groups excluding carboxylic acids is 3. The molecule has 0 bridgehead atoms. The minimum atomic E-state index is -0.945. The summed E-state index contributed by atoms with van der Waals surface area (Å²) in [6.45, 7) is 3.41. The molecule has 170 valence electrons. The van der Waals surface area contributed by atoms with E-state index in [0.717, 1.165) is 15.7 Å². The summed E-state index contributed by atoms with van der Waals surface area (Å²) >= 11 is 0. The van der Waals surface area contributed by atoms with E-state index >= 15 is 0 Å². The lowest BCUT2D eigenvalue weighted by Gasteiger charge is -2.18. The van der Waals surface area contributed by atoms with Gasteiger partial charge in [0.15, 0.2) is 0 Å². The van der Waals surface area contributed by atoms with Crippen LogP contribution in [0.3, 0.4) is 0 Å². The number of urea groups is 1. The molecule has 0 spiro atoms. The van der Waals surface area contributed by atoms with Gasteiger partial charge in [-0.2, -0.15) is 0 Å². The topological polar surface area (TPSA) is 97.0 Å². The van der Waals surface area contributed by atoms with Gasteiger partial charge in [0.1, 0.15) is 23.6 Å². The van der Waals surface area contributed by atoms with Gasteiger partial charge in [-0.05, 0) is 48.9 Å². The Morgan fingerprint density at radius 1 is 1.00 bits per heavy atom. The normalized spacial score (nSPS) is 14.8. The molecule has 0 aliphatic carbocycles. The number of hydrogen-bond donors (Lipinski definition) is 2. The minimum Gasteiger partial charge on any atom is -0.495 e. The van der Waals surface area contributed by atoms with Gasteiger partial charge < -0.3 is 20.1 Å². The third-order valence-corrected chi connectivity index (χ3v) is 5.46. The van der Waals surface area contributed by atoms with Crippen molar-refractivity contribution >= 4 is 34.3 Å². The van der Waals surface area contributed by atoms with Crippen molar-refractivity contribution in [2.24, 2.45) is 0 Å². The van der Waals surface area contributed by atoms with Gasteiger partial charge in [-0.15, -0.1) is 0 Å². The van der Waals surface area contributed by atoms with Crippen LogP contribution < -0.4 is 20.1 Å². The molecule has 0 radical (unpaired) electrons. The molecule has 3 aromatic carbocycles. The van der Waals surface area contributed by atoms with Crippen LogP contribution in [0.5, 0.6) is 11.5 Å². The van der Waals surface area contributed by atoms with E-state index in [1.165, 1.54) is 7.11 Å². The molecular weight excluding hydrogens is 422 g/mol. The van der Waals surface area contributed by atoms with Crippen LogP contribution in [0.25, 0.3) is 10.8 Å². The van der Waals surface area contributed by atoms with E-state index in [1.54, 1.807) is 44.2 Å². The van der Waals surface area contributed by atoms with Gasteiger partial charge in [-0.1, -0.05) is 36.4 Å². The molecule has 0 saturated carbocycles. The van der Waals surface area contributed by atoms with Crippen LogP contribution in [-0.2, 0) is 4.79 Å². The molecule has 1 aliphatic heterocycles. The van der Waals surface area contributed by atoms with Gasteiger partial charge in [0.2, 0.25) is 0 Å². The molecule has 1 heterocycles. The Morgan fingerprint density at radius 2 is 1.67 bits per heavy atom. The molecule has 33 heavy (non-hydrogen) atoms. The number of fused-ring (bicyclic) bond motifs is 1. The predicted octanol–water partition coefficient (Wildman–Crippen LogP) is 3.81. The summed E-state index contributed by atoms with van der Waals surface area (Å²) in [7, 11) is 1.53. The number of benzene rings is 3. The minimum absolute atomic E-state index is 0.0442. The van der Waals surface area contributed by atoms with E-state index < -0.39 is 11.6 Å². The summed E-state index contributed by atoms with van der Waals surface area (Å²) in [5, 5.41) is 7.29. The summed E-state index contributed by atoms with van der Waals surface area (Å²) in [5.74, 6) is 0.211. The van der Waals surface area contributed by atoms with Crippen molar-refractivity contribution in [3.8, 4) is 11.5 Å². The van der Waals surface area contributed by atoms with Gasteiger partial charge in [0.25, 0.3) is 11.8 Å². The highest BCUT2D eigenvalue weighted by Gasteiger charge is 2.43. The Hall–Kier alpha value is -4.07. The Morgan fingerprint density at radius 3 is 2.33 bits per heavy atom. The van der Waals surface area contributed by atoms with Crippen molar-refractivity contribution in [1.82, 2.24) is 10.2 Å². The first-order chi connectivity index (χ1) is 15.8. The predicted molar refractivity (Wildman–Crippen MR) is 125 cm³/mol. The Kier molecular flexibility index (Phi) is 5.91. The summed E-state index contributed by atoms with van der Waals surface area (Å²) < 4.78 is 11.2. The van der Waals surface area contributed by atoms with Gasteiger partial charge in [-0.3, -0.25) is 14.5 Å². The van der Waals surface area contributed by atoms with E-state index in [1.807, 2.05) is 30.3 Å². The molecule has 4 rings (SSSR count). The SMILES string of the molecule is COc1ccccc1NC(=O)c1cc2ccccc2cc1OCCN1C(=O)NC(C)(C)C1=O. The first-order valence-corrected chi connectivity index (χ1v) is 10.5. The van der Waals surface area contributed by atoms with E-state index in [4.69, 9.17) is 9.47 Å². The fraction of sp³-hybridized carbons (Fsp3) is 0.240. The van der Waals surface area contributed by atoms with Crippen molar-refractivity contribution in [2.75, 3.05) is 25.6 Å². The molecule has 1 saturated heterocycles. The van der Waals surface area contributed by atoms with Crippen molar-refractivity contribution in [3.05, 3.63) is 66.2 Å². The lowest BCUT2D eigenvalue weighted by atomic mass is 10.0. The Labute approximate surface area is 191 Å². The zero-order valence-corrected chi connectivity index (χ0v) is 18.7. The van der Waals surface area contributed by atoms with Crippen LogP contribution in [0.15, 0.2) is 60.7 Å². The van der Waals surface area contributed by atoms with Crippen molar-refractivity contribution in [2.45, 2.75) is 19.4 Å². The number of ether oxygens (including phenoxy) is 2. The summed E-state index contributed by atoms with van der Waals surface area (Å²) in [6, 6.07) is 17.8. The van der Waals surface area contributed by atoms with Crippen LogP contribution in [0.4, 0.5) is 10.5 Å². The zero-order valence-electron chi connectivity index (χ0n) is 18.7. The van der Waals surface area contributed by atoms with Crippen LogP contribution in [0.1, 0.15) is 24.2 Å². The fourth-order valence-electron chi connectivity index (χ4n) is 3.72. The van der Waals surface area contributed by atoms with Crippen LogP contribution in [-0.4, -0.2) is 48.5 Å².